The molecule has 0 atom stereocenters. The summed E-state index contributed by atoms with van der Waals surface area (Å²) in [5, 5.41) is 18.7. The number of para-hydroxylation sites is 2. The van der Waals surface area contributed by atoms with Gasteiger partial charge < -0.3 is 34.1 Å². The van der Waals surface area contributed by atoms with Gasteiger partial charge in [0.25, 0.3) is 0 Å². The Balaban J connectivity index is 1.74. The molecule has 0 aliphatic rings. The Hall–Kier alpha value is -3.62. The third-order valence-corrected chi connectivity index (χ3v) is 8.03. The summed E-state index contributed by atoms with van der Waals surface area (Å²) in [5.74, 6) is 0.0550. The lowest BCUT2D eigenvalue weighted by molar-refractivity contribution is -0.136. The van der Waals surface area contributed by atoms with Crippen molar-refractivity contribution in [1.29, 1.82) is 0 Å². The summed E-state index contributed by atoms with van der Waals surface area (Å²) >= 11 is 0. The molecule has 0 amide bonds. The fraction of sp³-hybridized carbons (Fsp3) is 0.632. The molecule has 0 radical (unpaired) electrons. The van der Waals surface area contributed by atoms with Gasteiger partial charge in [-0.25, -0.2) is 0 Å². The van der Waals surface area contributed by atoms with Crippen LogP contribution in [0.1, 0.15) is 116 Å². The highest BCUT2D eigenvalue weighted by atomic mass is 16.5. The van der Waals surface area contributed by atoms with Gasteiger partial charge in [0.05, 0.1) is 26.9 Å². The molecule has 0 unspecified atom stereocenters. The molecule has 0 aliphatic heterocycles. The number of benzene rings is 2. The smallest absolute Gasteiger partial charge is 0.323 e. The van der Waals surface area contributed by atoms with Crippen molar-refractivity contribution in [2.75, 3.05) is 44.9 Å². The Bertz CT molecular complexity index is 1110. The Labute approximate surface area is 282 Å². The van der Waals surface area contributed by atoms with Crippen LogP contribution in [0, 0.1) is 0 Å². The van der Waals surface area contributed by atoms with Crippen molar-refractivity contribution in [3.63, 3.8) is 0 Å². The fourth-order valence-electron chi connectivity index (χ4n) is 5.48. The van der Waals surface area contributed by atoms with E-state index in [1.54, 1.807) is 25.3 Å². The maximum Gasteiger partial charge on any atom is 0.323 e. The van der Waals surface area contributed by atoms with Crippen LogP contribution < -0.4 is 23.8 Å². The summed E-state index contributed by atoms with van der Waals surface area (Å²) in [6, 6.07) is 12.5. The highest BCUT2D eigenvalue weighted by Gasteiger charge is 2.17. The monoisotopic (exact) mass is 657 g/mol. The van der Waals surface area contributed by atoms with Crippen molar-refractivity contribution in [1.82, 2.24) is 0 Å². The Morgan fingerprint density at radius 1 is 0.574 bits per heavy atom. The van der Waals surface area contributed by atoms with Gasteiger partial charge >= 0.3 is 11.9 Å². The number of carbonyl (C=O) groups is 2. The number of anilines is 1. The first-order chi connectivity index (χ1) is 22.9. The van der Waals surface area contributed by atoms with Gasteiger partial charge in [0.15, 0.2) is 11.5 Å². The van der Waals surface area contributed by atoms with E-state index in [1.165, 1.54) is 94.8 Å². The highest BCUT2D eigenvalue weighted by molar-refractivity contribution is 5.80. The van der Waals surface area contributed by atoms with E-state index < -0.39 is 25.0 Å². The van der Waals surface area contributed by atoms with E-state index in [0.717, 1.165) is 12.8 Å². The number of hydrogen-bond acceptors (Lipinski definition) is 7. The third kappa shape index (κ3) is 19.0. The second kappa shape index (κ2) is 25.5. The maximum absolute atomic E-state index is 11.5. The number of rotatable bonds is 30. The molecule has 2 aromatic rings. The molecule has 9 heteroatoms. The molecule has 0 saturated heterocycles. The molecular weight excluding hydrogens is 598 g/mol. The van der Waals surface area contributed by atoms with Crippen molar-refractivity contribution in [3.05, 3.63) is 42.5 Å². The molecule has 0 spiro atoms. The third-order valence-electron chi connectivity index (χ3n) is 8.03. The van der Waals surface area contributed by atoms with E-state index in [-0.39, 0.29) is 0 Å². The van der Waals surface area contributed by atoms with Gasteiger partial charge in [-0.05, 0) is 18.6 Å². The lowest BCUT2D eigenvalue weighted by Crippen LogP contribution is -2.34. The van der Waals surface area contributed by atoms with Gasteiger partial charge in [-0.1, -0.05) is 115 Å². The van der Waals surface area contributed by atoms with Crippen molar-refractivity contribution in [3.8, 4) is 23.0 Å². The fourth-order valence-corrected chi connectivity index (χ4v) is 5.48. The number of nitrogens with zero attached hydrogens (tertiary/aromatic N) is 1. The minimum absolute atomic E-state index is 0.342. The van der Waals surface area contributed by atoms with Crippen LogP contribution in [0.25, 0.3) is 0 Å². The van der Waals surface area contributed by atoms with E-state index in [2.05, 4.69) is 6.92 Å². The SMILES string of the molecule is CCCCCCCCCCCCCCCCCCOc1cc(OCCCOc2ccccc2OC)cc(N(CC(=O)O)CC(=O)O)c1. The summed E-state index contributed by atoms with van der Waals surface area (Å²) < 4.78 is 23.1. The molecule has 9 nitrogen and oxygen atoms in total. The molecule has 47 heavy (non-hydrogen) atoms. The van der Waals surface area contributed by atoms with E-state index in [1.807, 2.05) is 24.3 Å². The number of ether oxygens (including phenoxy) is 4. The van der Waals surface area contributed by atoms with Crippen LogP contribution in [0.4, 0.5) is 5.69 Å². The summed E-state index contributed by atoms with van der Waals surface area (Å²) in [4.78, 5) is 24.2. The topological polar surface area (TPSA) is 115 Å². The summed E-state index contributed by atoms with van der Waals surface area (Å²) in [6.07, 6.45) is 21.4. The molecular formula is C38H59NO8. The van der Waals surface area contributed by atoms with Gasteiger partial charge in [-0.3, -0.25) is 9.59 Å². The zero-order valence-corrected chi connectivity index (χ0v) is 28.9. The predicted molar refractivity (Wildman–Crippen MR) is 188 cm³/mol. The van der Waals surface area contributed by atoms with Crippen molar-refractivity contribution in [2.24, 2.45) is 0 Å². The number of methoxy groups -OCH3 is 1. The molecule has 0 aliphatic carbocycles. The quantitative estimate of drug-likeness (QED) is 0.0794. The molecule has 0 aromatic heterocycles. The largest absolute Gasteiger partial charge is 0.493 e. The van der Waals surface area contributed by atoms with Crippen molar-refractivity contribution in [2.45, 2.75) is 116 Å². The predicted octanol–water partition coefficient (Wildman–Crippen LogP) is 9.16. The van der Waals surface area contributed by atoms with Crippen LogP contribution in [0.5, 0.6) is 23.0 Å². The first kappa shape index (κ1) is 39.6. The second-order valence-corrected chi connectivity index (χ2v) is 12.2. The number of carboxylic acids is 2. The normalized spacial score (nSPS) is 10.9. The standard InChI is InChI=1S/C38H59NO8/c1-3-4-5-6-7-8-9-10-11-12-13-14-15-16-17-20-24-45-33-27-32(39(30-37(40)41)31-38(42)43)28-34(29-33)46-25-21-26-47-36-23-19-18-22-35(36)44-2/h18-19,22-23,27-29H,3-17,20-21,24-26,30-31H2,1-2H3,(H,40,41)(H,42,43). The van der Waals surface area contributed by atoms with Gasteiger partial charge in [-0.2, -0.15) is 0 Å². The van der Waals surface area contributed by atoms with Crippen LogP contribution in [-0.2, 0) is 9.59 Å². The molecule has 2 N–H and O–H groups in total. The van der Waals surface area contributed by atoms with Crippen molar-refractivity contribution < 1.29 is 38.7 Å². The first-order valence-electron chi connectivity index (χ1n) is 17.8. The number of carboxylic acid groups (broad SMARTS) is 2. The van der Waals surface area contributed by atoms with Crippen LogP contribution >= 0.6 is 0 Å². The van der Waals surface area contributed by atoms with Gasteiger partial charge in [0.1, 0.15) is 24.6 Å². The van der Waals surface area contributed by atoms with Gasteiger partial charge in [0.2, 0.25) is 0 Å². The molecule has 0 saturated carbocycles. The molecule has 0 fully saturated rings. The summed E-state index contributed by atoms with van der Waals surface area (Å²) in [5.41, 5.74) is 0.416. The minimum atomic E-state index is -1.12. The first-order valence-corrected chi connectivity index (χ1v) is 17.8. The Morgan fingerprint density at radius 3 is 1.47 bits per heavy atom. The van der Waals surface area contributed by atoms with E-state index in [4.69, 9.17) is 18.9 Å². The Kier molecular flexibility index (Phi) is 21.4. The maximum atomic E-state index is 11.5. The molecule has 2 aromatic carbocycles. The average molecular weight is 658 g/mol. The lowest BCUT2D eigenvalue weighted by Gasteiger charge is -2.22. The van der Waals surface area contributed by atoms with E-state index >= 15 is 0 Å². The Morgan fingerprint density at radius 2 is 1.00 bits per heavy atom. The molecule has 264 valence electrons. The highest BCUT2D eigenvalue weighted by Crippen LogP contribution is 2.30. The zero-order chi connectivity index (χ0) is 34.0. The molecule has 0 bridgehead atoms. The summed E-state index contributed by atoms with van der Waals surface area (Å²) in [7, 11) is 1.59. The second-order valence-electron chi connectivity index (χ2n) is 12.2. The number of aliphatic carboxylic acids is 2. The molecule has 2 rings (SSSR count). The van der Waals surface area contributed by atoms with E-state index in [9.17, 15) is 19.8 Å². The summed E-state index contributed by atoms with van der Waals surface area (Å²) in [6.45, 7) is 2.62. The van der Waals surface area contributed by atoms with Gasteiger partial charge in [0, 0.05) is 30.3 Å². The van der Waals surface area contributed by atoms with Gasteiger partial charge in [-0.15, -0.1) is 0 Å². The average Bonchev–Trinajstić information content (AvgIpc) is 3.05. The lowest BCUT2D eigenvalue weighted by atomic mass is 10.0. The van der Waals surface area contributed by atoms with Crippen LogP contribution in [0.2, 0.25) is 0 Å². The minimum Gasteiger partial charge on any atom is -0.493 e. The number of unbranched alkanes of at least 4 members (excludes halogenated alkanes) is 15. The zero-order valence-electron chi connectivity index (χ0n) is 28.9. The van der Waals surface area contributed by atoms with Crippen molar-refractivity contribution >= 4 is 17.6 Å². The molecule has 0 heterocycles. The van der Waals surface area contributed by atoms with Crippen LogP contribution in [0.15, 0.2) is 42.5 Å². The van der Waals surface area contributed by atoms with Crippen LogP contribution in [-0.4, -0.2) is 62.2 Å². The van der Waals surface area contributed by atoms with E-state index in [0.29, 0.717) is 54.9 Å². The van der Waals surface area contributed by atoms with Crippen LogP contribution in [0.3, 0.4) is 0 Å². The number of hydrogen-bond donors (Lipinski definition) is 2.